The molecular weight excluding hydrogens is 225 g/mol. The third-order valence-electron chi connectivity index (χ3n) is 2.00. The van der Waals surface area contributed by atoms with Crippen LogP contribution in [0.2, 0.25) is 0 Å². The average molecular weight is 232 g/mol. The van der Waals surface area contributed by atoms with Crippen molar-refractivity contribution in [3.63, 3.8) is 0 Å². The first kappa shape index (κ1) is 12.2. The van der Waals surface area contributed by atoms with E-state index in [1.165, 1.54) is 6.92 Å². The van der Waals surface area contributed by atoms with Crippen LogP contribution in [0.25, 0.3) is 0 Å². The van der Waals surface area contributed by atoms with Crippen LogP contribution in [0.3, 0.4) is 0 Å². The summed E-state index contributed by atoms with van der Waals surface area (Å²) < 4.78 is 36.9. The second-order valence-electron chi connectivity index (χ2n) is 3.16. The lowest BCUT2D eigenvalue weighted by Gasteiger charge is -2.09. The molecule has 0 unspecified atom stereocenters. The van der Waals surface area contributed by atoms with Crippen molar-refractivity contribution < 1.29 is 27.9 Å². The molecule has 1 N–H and O–H groups in total. The fraction of sp³-hybridized carbons (Fsp3) is 0.200. The Bertz CT molecular complexity index is 449. The summed E-state index contributed by atoms with van der Waals surface area (Å²) in [6.07, 6.45) is -4.60. The maximum Gasteiger partial charge on any atom is 0.416 e. The molecule has 0 saturated heterocycles. The predicted octanol–water partition coefficient (Wildman–Crippen LogP) is 2.28. The second-order valence-corrected chi connectivity index (χ2v) is 3.16. The number of carboxylic acids is 1. The highest BCUT2D eigenvalue weighted by molar-refractivity contribution is 6.40. The number of carbonyl (C=O) groups is 2. The molecule has 3 nitrogen and oxygen atoms in total. The van der Waals surface area contributed by atoms with Crippen LogP contribution in [0.1, 0.15) is 21.5 Å². The van der Waals surface area contributed by atoms with Crippen LogP contribution >= 0.6 is 0 Å². The minimum Gasteiger partial charge on any atom is -0.475 e. The van der Waals surface area contributed by atoms with Crippen LogP contribution in [0, 0.1) is 6.92 Å². The first-order valence-corrected chi connectivity index (χ1v) is 4.19. The summed E-state index contributed by atoms with van der Waals surface area (Å²) in [5.41, 5.74) is -1.29. The van der Waals surface area contributed by atoms with Crippen LogP contribution in [-0.2, 0) is 11.0 Å². The number of carbonyl (C=O) groups excluding carboxylic acids is 1. The monoisotopic (exact) mass is 232 g/mol. The molecule has 0 aliphatic rings. The first-order valence-electron chi connectivity index (χ1n) is 4.19. The van der Waals surface area contributed by atoms with Crippen LogP contribution in [-0.4, -0.2) is 16.9 Å². The normalized spacial score (nSPS) is 11.2. The van der Waals surface area contributed by atoms with Crippen LogP contribution in [0.15, 0.2) is 18.2 Å². The summed E-state index contributed by atoms with van der Waals surface area (Å²) in [5.74, 6) is -3.12. The zero-order chi connectivity index (χ0) is 12.5. The van der Waals surface area contributed by atoms with Gasteiger partial charge in [0.2, 0.25) is 0 Å². The standard InChI is InChI=1S/C10H7F3O3/c1-5-2-3-6(10(11,12)13)4-7(5)8(14)9(15)16/h2-4H,1H3,(H,15,16). The number of benzene rings is 1. The number of aryl methyl sites for hydroxylation is 1. The molecule has 16 heavy (non-hydrogen) atoms. The molecule has 0 radical (unpaired) electrons. The molecule has 0 amide bonds. The number of carboxylic acid groups (broad SMARTS) is 1. The summed E-state index contributed by atoms with van der Waals surface area (Å²) >= 11 is 0. The van der Waals surface area contributed by atoms with Crippen molar-refractivity contribution >= 4 is 11.8 Å². The van der Waals surface area contributed by atoms with Crippen molar-refractivity contribution in [2.45, 2.75) is 13.1 Å². The lowest BCUT2D eigenvalue weighted by atomic mass is 10.0. The van der Waals surface area contributed by atoms with E-state index in [1.54, 1.807) is 0 Å². The van der Waals surface area contributed by atoms with Gasteiger partial charge in [0.05, 0.1) is 5.56 Å². The highest BCUT2D eigenvalue weighted by Crippen LogP contribution is 2.30. The summed E-state index contributed by atoms with van der Waals surface area (Å²) in [4.78, 5) is 21.5. The van der Waals surface area contributed by atoms with Gasteiger partial charge in [0.25, 0.3) is 5.78 Å². The number of aliphatic carboxylic acids is 1. The zero-order valence-electron chi connectivity index (χ0n) is 8.13. The Labute approximate surface area is 88.5 Å². The summed E-state index contributed by atoms with van der Waals surface area (Å²) in [7, 11) is 0. The van der Waals surface area contributed by atoms with Crippen molar-refractivity contribution in [3.8, 4) is 0 Å². The van der Waals surface area contributed by atoms with Gasteiger partial charge in [0.15, 0.2) is 0 Å². The smallest absolute Gasteiger partial charge is 0.416 e. The molecule has 0 aliphatic carbocycles. The Hall–Kier alpha value is -1.85. The molecule has 1 aromatic rings. The van der Waals surface area contributed by atoms with Gasteiger partial charge in [-0.1, -0.05) is 6.07 Å². The predicted molar refractivity (Wildman–Crippen MR) is 48.1 cm³/mol. The van der Waals surface area contributed by atoms with Gasteiger partial charge in [-0.05, 0) is 24.6 Å². The van der Waals surface area contributed by atoms with Crippen molar-refractivity contribution in [2.24, 2.45) is 0 Å². The van der Waals surface area contributed by atoms with Crippen LogP contribution in [0.5, 0.6) is 0 Å². The summed E-state index contributed by atoms with van der Waals surface area (Å²) in [6, 6.07) is 2.42. The summed E-state index contributed by atoms with van der Waals surface area (Å²) in [6.45, 7) is 1.37. The zero-order valence-corrected chi connectivity index (χ0v) is 8.13. The molecule has 0 aromatic heterocycles. The Balaban J connectivity index is 3.30. The minimum atomic E-state index is -4.60. The third kappa shape index (κ3) is 2.39. The molecule has 0 fully saturated rings. The molecule has 86 valence electrons. The van der Waals surface area contributed by atoms with Crippen molar-refractivity contribution in [2.75, 3.05) is 0 Å². The van der Waals surface area contributed by atoms with Crippen molar-refractivity contribution in [1.29, 1.82) is 0 Å². The van der Waals surface area contributed by atoms with Gasteiger partial charge in [0.1, 0.15) is 0 Å². The molecule has 0 heterocycles. The number of ketones is 1. The van der Waals surface area contributed by atoms with E-state index in [2.05, 4.69) is 0 Å². The molecule has 0 saturated carbocycles. The highest BCUT2D eigenvalue weighted by atomic mass is 19.4. The first-order chi connectivity index (χ1) is 7.23. The van der Waals surface area contributed by atoms with E-state index in [0.717, 1.165) is 12.1 Å². The molecule has 1 rings (SSSR count). The SMILES string of the molecule is Cc1ccc(C(F)(F)F)cc1C(=O)C(=O)O. The van der Waals surface area contributed by atoms with Gasteiger partial charge < -0.3 is 5.11 Å². The molecule has 1 aromatic carbocycles. The number of hydrogen-bond donors (Lipinski definition) is 1. The van der Waals surface area contributed by atoms with Crippen molar-refractivity contribution in [1.82, 2.24) is 0 Å². The Morgan fingerprint density at radius 2 is 1.81 bits per heavy atom. The third-order valence-corrected chi connectivity index (χ3v) is 2.00. The van der Waals surface area contributed by atoms with Gasteiger partial charge in [-0.25, -0.2) is 4.79 Å². The number of hydrogen-bond acceptors (Lipinski definition) is 2. The van der Waals surface area contributed by atoms with Gasteiger partial charge in [-0.2, -0.15) is 13.2 Å². The van der Waals surface area contributed by atoms with Gasteiger partial charge in [-0.15, -0.1) is 0 Å². The van der Waals surface area contributed by atoms with Crippen molar-refractivity contribution in [3.05, 3.63) is 34.9 Å². The van der Waals surface area contributed by atoms with Crippen LogP contribution < -0.4 is 0 Å². The molecule has 0 bridgehead atoms. The van der Waals surface area contributed by atoms with Crippen LogP contribution in [0.4, 0.5) is 13.2 Å². The molecule has 6 heteroatoms. The number of halogens is 3. The molecule has 0 atom stereocenters. The molecular formula is C10H7F3O3. The molecule has 0 spiro atoms. The fourth-order valence-electron chi connectivity index (χ4n) is 1.16. The van der Waals surface area contributed by atoms with Gasteiger partial charge in [-0.3, -0.25) is 4.79 Å². The number of alkyl halides is 3. The maximum atomic E-state index is 12.3. The van der Waals surface area contributed by atoms with E-state index in [-0.39, 0.29) is 5.56 Å². The number of Topliss-reactive ketones (excluding diaryl/α,β-unsaturated/α-hetero) is 1. The Kier molecular flexibility index (Phi) is 3.02. The highest BCUT2D eigenvalue weighted by Gasteiger charge is 2.32. The van der Waals surface area contributed by atoms with E-state index in [1.807, 2.05) is 0 Å². The lowest BCUT2D eigenvalue weighted by molar-refractivity contribution is -0.137. The quantitative estimate of drug-likeness (QED) is 0.628. The van der Waals surface area contributed by atoms with Gasteiger partial charge in [0, 0.05) is 5.56 Å². The largest absolute Gasteiger partial charge is 0.475 e. The van der Waals surface area contributed by atoms with E-state index in [0.29, 0.717) is 6.07 Å². The topological polar surface area (TPSA) is 54.4 Å². The Morgan fingerprint density at radius 1 is 1.25 bits per heavy atom. The van der Waals surface area contributed by atoms with E-state index in [9.17, 15) is 22.8 Å². The second kappa shape index (κ2) is 3.96. The van der Waals surface area contributed by atoms with E-state index < -0.39 is 29.1 Å². The Morgan fingerprint density at radius 3 is 2.25 bits per heavy atom. The summed E-state index contributed by atoms with van der Waals surface area (Å²) in [5, 5.41) is 8.42. The minimum absolute atomic E-state index is 0.195. The van der Waals surface area contributed by atoms with E-state index >= 15 is 0 Å². The van der Waals surface area contributed by atoms with Gasteiger partial charge >= 0.3 is 12.1 Å². The molecule has 0 aliphatic heterocycles. The maximum absolute atomic E-state index is 12.3. The fourth-order valence-corrected chi connectivity index (χ4v) is 1.16. The van der Waals surface area contributed by atoms with E-state index in [4.69, 9.17) is 5.11 Å². The lowest BCUT2D eigenvalue weighted by Crippen LogP contribution is -2.16. The number of rotatable bonds is 2. The average Bonchev–Trinajstić information content (AvgIpc) is 2.15.